The fraction of sp³-hybridized carbons (Fsp3) is 0.538. The number of hydrogen-bond acceptors (Lipinski definition) is 10. The second kappa shape index (κ2) is 11.1. The number of para-hydroxylation sites is 1. The number of nitrogens with one attached hydrogen (secondary N) is 1. The molecule has 0 spiro atoms. The van der Waals surface area contributed by atoms with Crippen LogP contribution in [-0.4, -0.2) is 83.3 Å². The van der Waals surface area contributed by atoms with Gasteiger partial charge in [-0.05, 0) is 50.9 Å². The summed E-state index contributed by atoms with van der Waals surface area (Å²) < 4.78 is 49.2. The van der Waals surface area contributed by atoms with E-state index in [0.29, 0.717) is 48.0 Å². The van der Waals surface area contributed by atoms with Crippen LogP contribution in [-0.2, 0) is 14.8 Å². The number of fused-ring (bicyclic) bond motifs is 1. The van der Waals surface area contributed by atoms with Crippen LogP contribution in [0.3, 0.4) is 0 Å². The lowest BCUT2D eigenvalue weighted by molar-refractivity contribution is -0.0548. The smallest absolute Gasteiger partial charge is 0.243 e. The minimum atomic E-state index is -3.96. The molecule has 2 aromatic heterocycles. The summed E-state index contributed by atoms with van der Waals surface area (Å²) in [6.45, 7) is 7.49. The van der Waals surface area contributed by atoms with Crippen molar-refractivity contribution in [3.63, 3.8) is 0 Å². The molecular formula is C26H35N7O5S. The molecule has 0 amide bonds. The van der Waals surface area contributed by atoms with Crippen molar-refractivity contribution in [2.75, 3.05) is 38.6 Å². The highest BCUT2D eigenvalue weighted by atomic mass is 32.2. The normalized spacial score (nSPS) is 21.3. The molecule has 2 unspecified atom stereocenters. The number of methoxy groups -OCH3 is 2. The van der Waals surface area contributed by atoms with Crippen molar-refractivity contribution >= 4 is 16.0 Å². The maximum Gasteiger partial charge on any atom is 0.243 e. The highest BCUT2D eigenvalue weighted by Crippen LogP contribution is 2.39. The van der Waals surface area contributed by atoms with Gasteiger partial charge in [-0.25, -0.2) is 18.4 Å². The van der Waals surface area contributed by atoms with Crippen LogP contribution in [0.4, 0.5) is 5.95 Å². The van der Waals surface area contributed by atoms with E-state index in [4.69, 9.17) is 14.2 Å². The number of sulfonamides is 1. The van der Waals surface area contributed by atoms with E-state index in [0.717, 1.165) is 24.9 Å². The zero-order valence-corrected chi connectivity index (χ0v) is 23.7. The molecule has 210 valence electrons. The third kappa shape index (κ3) is 5.30. The van der Waals surface area contributed by atoms with Crippen molar-refractivity contribution in [1.82, 2.24) is 29.6 Å². The van der Waals surface area contributed by atoms with Crippen LogP contribution in [0.25, 0.3) is 5.69 Å². The Kier molecular flexibility index (Phi) is 7.74. The van der Waals surface area contributed by atoms with Gasteiger partial charge in [0.25, 0.3) is 0 Å². The van der Waals surface area contributed by atoms with Crippen molar-refractivity contribution in [2.24, 2.45) is 0 Å². The molecule has 2 fully saturated rings. The number of nitrogens with zero attached hydrogens (tertiary/aromatic N) is 6. The minimum Gasteiger partial charge on any atom is -0.494 e. The van der Waals surface area contributed by atoms with Crippen molar-refractivity contribution < 1.29 is 22.6 Å². The summed E-state index contributed by atoms with van der Waals surface area (Å²) >= 11 is 0. The molecule has 4 atom stereocenters. The molecular weight excluding hydrogens is 522 g/mol. The zero-order chi connectivity index (χ0) is 27.7. The first-order valence-corrected chi connectivity index (χ1v) is 14.6. The Hall–Kier alpha value is -3.29. The first-order chi connectivity index (χ1) is 18.7. The Balaban J connectivity index is 1.54. The number of morpholine rings is 1. The van der Waals surface area contributed by atoms with Gasteiger partial charge in [0.2, 0.25) is 16.0 Å². The van der Waals surface area contributed by atoms with E-state index in [-0.39, 0.29) is 5.95 Å². The fourth-order valence-electron chi connectivity index (χ4n) is 5.15. The summed E-state index contributed by atoms with van der Waals surface area (Å²) in [5.41, 5.74) is 1.38. The van der Waals surface area contributed by atoms with Gasteiger partial charge in [0.05, 0.1) is 26.1 Å². The fourth-order valence-corrected chi connectivity index (χ4v) is 6.39. The number of benzene rings is 1. The molecule has 4 heterocycles. The molecule has 39 heavy (non-hydrogen) atoms. The molecule has 2 aliphatic heterocycles. The first kappa shape index (κ1) is 27.3. The maximum atomic E-state index is 13.7. The number of aryl methyl sites for hydroxylation is 1. The molecule has 3 aromatic rings. The second-order valence-corrected chi connectivity index (χ2v) is 12.1. The number of rotatable bonds is 9. The topological polar surface area (TPSA) is 134 Å². The van der Waals surface area contributed by atoms with Crippen LogP contribution in [0.1, 0.15) is 55.9 Å². The van der Waals surface area contributed by atoms with Crippen LogP contribution in [0.2, 0.25) is 0 Å². The molecule has 1 aromatic carbocycles. The van der Waals surface area contributed by atoms with Gasteiger partial charge in [0.1, 0.15) is 29.1 Å². The number of anilines is 1. The van der Waals surface area contributed by atoms with Crippen LogP contribution >= 0.6 is 0 Å². The third-order valence-corrected chi connectivity index (χ3v) is 9.48. The zero-order valence-electron chi connectivity index (χ0n) is 22.9. The van der Waals surface area contributed by atoms with Crippen molar-refractivity contribution in [2.45, 2.75) is 56.9 Å². The predicted molar refractivity (Wildman–Crippen MR) is 145 cm³/mol. The largest absolute Gasteiger partial charge is 0.494 e. The van der Waals surface area contributed by atoms with E-state index in [1.54, 1.807) is 63.2 Å². The Bertz CT molecular complexity index is 1390. The summed E-state index contributed by atoms with van der Waals surface area (Å²) in [4.78, 5) is 11.1. The van der Waals surface area contributed by atoms with Gasteiger partial charge < -0.3 is 14.2 Å². The number of aromatic nitrogens is 5. The lowest BCUT2D eigenvalue weighted by atomic mass is 10.1. The van der Waals surface area contributed by atoms with Crippen LogP contribution in [0.15, 0.2) is 30.6 Å². The number of hydrogen-bond donors (Lipinski definition) is 1. The molecule has 0 bridgehead atoms. The highest BCUT2D eigenvalue weighted by Gasteiger charge is 2.38. The van der Waals surface area contributed by atoms with E-state index in [2.05, 4.69) is 29.8 Å². The molecule has 0 saturated carbocycles. The summed E-state index contributed by atoms with van der Waals surface area (Å²) in [5.74, 6) is 1.39. The third-order valence-electron chi connectivity index (χ3n) is 7.63. The molecule has 13 heteroatoms. The van der Waals surface area contributed by atoms with Crippen molar-refractivity contribution in [3.8, 4) is 17.2 Å². The molecule has 2 saturated heterocycles. The summed E-state index contributed by atoms with van der Waals surface area (Å²) in [6, 6.07) is 5.74. The van der Waals surface area contributed by atoms with Gasteiger partial charge in [-0.2, -0.15) is 0 Å². The summed E-state index contributed by atoms with van der Waals surface area (Å²) in [6.07, 6.45) is 5.16. The summed E-state index contributed by atoms with van der Waals surface area (Å²) in [5, 5.41) is 7.86. The molecule has 2 aliphatic rings. The van der Waals surface area contributed by atoms with Crippen molar-refractivity contribution in [1.29, 1.82) is 0 Å². The predicted octanol–water partition coefficient (Wildman–Crippen LogP) is 2.85. The monoisotopic (exact) mass is 557 g/mol. The Morgan fingerprint density at radius 1 is 1.10 bits per heavy atom. The Labute approximate surface area is 228 Å². The second-order valence-electron chi connectivity index (χ2n) is 10.1. The van der Waals surface area contributed by atoms with E-state index in [9.17, 15) is 8.42 Å². The first-order valence-electron chi connectivity index (χ1n) is 13.1. The van der Waals surface area contributed by atoms with Gasteiger partial charge in [0.15, 0.2) is 5.82 Å². The lowest BCUT2D eigenvalue weighted by Gasteiger charge is -2.34. The molecule has 5 rings (SSSR count). The maximum absolute atomic E-state index is 13.7. The van der Waals surface area contributed by atoms with E-state index >= 15 is 0 Å². The number of ether oxygens (including phenoxy) is 3. The van der Waals surface area contributed by atoms with Crippen molar-refractivity contribution in [3.05, 3.63) is 47.8 Å². The lowest BCUT2D eigenvalue weighted by Crippen LogP contribution is -2.43. The van der Waals surface area contributed by atoms with E-state index in [1.165, 1.54) is 0 Å². The van der Waals surface area contributed by atoms with E-state index < -0.39 is 27.3 Å². The van der Waals surface area contributed by atoms with Gasteiger partial charge in [0, 0.05) is 30.9 Å². The molecule has 1 N–H and O–H groups in total. The van der Waals surface area contributed by atoms with Crippen LogP contribution in [0.5, 0.6) is 11.5 Å². The summed E-state index contributed by atoms with van der Waals surface area (Å²) in [7, 11) is -0.868. The van der Waals surface area contributed by atoms with E-state index in [1.807, 2.05) is 6.92 Å². The highest BCUT2D eigenvalue weighted by molar-refractivity contribution is 7.93. The molecule has 0 aliphatic carbocycles. The van der Waals surface area contributed by atoms with Gasteiger partial charge in [-0.15, -0.1) is 10.2 Å². The van der Waals surface area contributed by atoms with Gasteiger partial charge >= 0.3 is 0 Å². The Morgan fingerprint density at radius 2 is 1.79 bits per heavy atom. The SMILES string of the molecule is COc1cccc(OC)c1-n1c(NS(=O)(=O)C(C)C(C)c2ncc(C)cn2)nnc1[C@@H]1CN2CCC[C@H]2CO1. The average Bonchev–Trinajstić information content (AvgIpc) is 3.58. The molecule has 0 radical (unpaired) electrons. The quantitative estimate of drug-likeness (QED) is 0.419. The van der Waals surface area contributed by atoms with Crippen LogP contribution in [0, 0.1) is 6.92 Å². The van der Waals surface area contributed by atoms with Gasteiger partial charge in [-0.1, -0.05) is 13.0 Å². The standard InChI is InChI=1S/C26H35N7O5S/c1-16-12-27-24(28-13-16)17(2)18(3)39(34,35)31-26-30-29-25(22-14-32-11-7-8-19(32)15-38-22)33(26)23-20(36-4)9-6-10-21(23)37-5/h6,9-10,12-13,17-19,22H,7-8,11,14-15H2,1-5H3,(H,30,31)/t17?,18?,19-,22-/m0/s1. The van der Waals surface area contributed by atoms with Gasteiger partial charge in [-0.3, -0.25) is 14.2 Å². The average molecular weight is 558 g/mol. The Morgan fingerprint density at radius 3 is 2.46 bits per heavy atom. The minimum absolute atomic E-state index is 0.0174. The molecule has 12 nitrogen and oxygen atoms in total. The van der Waals surface area contributed by atoms with Crippen LogP contribution < -0.4 is 14.2 Å².